The van der Waals surface area contributed by atoms with Crippen molar-refractivity contribution in [1.82, 2.24) is 25.1 Å². The molecule has 4 rings (SSSR count). The van der Waals surface area contributed by atoms with Gasteiger partial charge in [0.25, 0.3) is 6.01 Å². The van der Waals surface area contributed by atoms with Crippen molar-refractivity contribution in [2.75, 3.05) is 18.0 Å². The minimum atomic E-state index is -0.172. The molecule has 2 aromatic heterocycles. The monoisotopic (exact) mass is 402 g/mol. The predicted octanol–water partition coefficient (Wildman–Crippen LogP) is 3.19. The van der Waals surface area contributed by atoms with Gasteiger partial charge in [-0.2, -0.15) is 10.1 Å². The van der Waals surface area contributed by atoms with Crippen molar-refractivity contribution in [3.8, 4) is 0 Å². The first kappa shape index (κ1) is 18.7. The third-order valence-electron chi connectivity index (χ3n) is 5.17. The molecule has 3 heterocycles. The molecule has 1 atom stereocenters. The van der Waals surface area contributed by atoms with Crippen molar-refractivity contribution in [1.29, 1.82) is 0 Å². The quantitative estimate of drug-likeness (QED) is 0.705. The topological polar surface area (TPSA) is 89.1 Å². The molecule has 1 aromatic carbocycles. The summed E-state index contributed by atoms with van der Waals surface area (Å²) in [6.45, 7) is 6.11. The summed E-state index contributed by atoms with van der Waals surface area (Å²) in [6, 6.07) is 5.83. The zero-order chi connectivity index (χ0) is 19.7. The first-order chi connectivity index (χ1) is 13.5. The van der Waals surface area contributed by atoms with E-state index in [9.17, 15) is 4.79 Å². The standard InChI is InChI=1S/C19H23ClN6O2/c1-3-26-17(21-11-22-26)12(2)23-18(27)13-6-8-25(9-7-13)19-24-15-5-4-14(20)10-16(15)28-19/h4-5,10-13H,3,6-9H2,1-2H3,(H,23,27). The normalized spacial score (nSPS) is 16.5. The summed E-state index contributed by atoms with van der Waals surface area (Å²) in [7, 11) is 0. The third-order valence-corrected chi connectivity index (χ3v) is 5.40. The number of hydrogen-bond donors (Lipinski definition) is 1. The van der Waals surface area contributed by atoms with E-state index in [1.165, 1.54) is 6.33 Å². The van der Waals surface area contributed by atoms with Gasteiger partial charge >= 0.3 is 0 Å². The van der Waals surface area contributed by atoms with Crippen LogP contribution in [0.3, 0.4) is 0 Å². The Balaban J connectivity index is 1.36. The number of fused-ring (bicyclic) bond motifs is 1. The molecular weight excluding hydrogens is 380 g/mol. The molecule has 1 amide bonds. The molecule has 0 saturated carbocycles. The van der Waals surface area contributed by atoms with Crippen LogP contribution >= 0.6 is 11.6 Å². The fourth-order valence-electron chi connectivity index (χ4n) is 3.60. The van der Waals surface area contributed by atoms with Crippen LogP contribution in [0.4, 0.5) is 6.01 Å². The van der Waals surface area contributed by atoms with E-state index in [1.807, 2.05) is 19.9 Å². The van der Waals surface area contributed by atoms with Gasteiger partial charge in [0.05, 0.1) is 6.04 Å². The molecule has 28 heavy (non-hydrogen) atoms. The van der Waals surface area contributed by atoms with Crippen LogP contribution in [0.5, 0.6) is 0 Å². The van der Waals surface area contributed by atoms with Gasteiger partial charge < -0.3 is 14.6 Å². The van der Waals surface area contributed by atoms with E-state index in [4.69, 9.17) is 16.0 Å². The van der Waals surface area contributed by atoms with Crippen LogP contribution in [-0.4, -0.2) is 38.7 Å². The molecule has 3 aromatic rings. The summed E-state index contributed by atoms with van der Waals surface area (Å²) < 4.78 is 7.63. The van der Waals surface area contributed by atoms with Gasteiger partial charge in [0, 0.05) is 36.6 Å². The Kier molecular flexibility index (Phi) is 5.21. The van der Waals surface area contributed by atoms with Gasteiger partial charge in [0.15, 0.2) is 5.58 Å². The Morgan fingerprint density at radius 1 is 1.39 bits per heavy atom. The van der Waals surface area contributed by atoms with Crippen molar-refractivity contribution in [2.24, 2.45) is 5.92 Å². The molecule has 0 aliphatic carbocycles. The van der Waals surface area contributed by atoms with Crippen molar-refractivity contribution in [3.05, 3.63) is 35.4 Å². The highest BCUT2D eigenvalue weighted by atomic mass is 35.5. The number of anilines is 1. The number of benzene rings is 1. The van der Waals surface area contributed by atoms with Crippen LogP contribution in [0, 0.1) is 5.92 Å². The fourth-order valence-corrected chi connectivity index (χ4v) is 3.76. The molecule has 9 heteroatoms. The van der Waals surface area contributed by atoms with Crippen LogP contribution < -0.4 is 10.2 Å². The van der Waals surface area contributed by atoms with E-state index in [-0.39, 0.29) is 17.9 Å². The average Bonchev–Trinajstić information content (AvgIpc) is 3.34. The van der Waals surface area contributed by atoms with Gasteiger partial charge in [0.2, 0.25) is 5.91 Å². The zero-order valence-corrected chi connectivity index (χ0v) is 16.7. The van der Waals surface area contributed by atoms with Crippen molar-refractivity contribution < 1.29 is 9.21 Å². The highest BCUT2D eigenvalue weighted by Gasteiger charge is 2.28. The number of carbonyl (C=O) groups is 1. The van der Waals surface area contributed by atoms with Crippen LogP contribution in [0.15, 0.2) is 28.9 Å². The molecule has 1 N–H and O–H groups in total. The smallest absolute Gasteiger partial charge is 0.298 e. The maximum Gasteiger partial charge on any atom is 0.298 e. The number of nitrogens with one attached hydrogen (secondary N) is 1. The van der Waals surface area contributed by atoms with Gasteiger partial charge in [-0.25, -0.2) is 9.67 Å². The maximum atomic E-state index is 12.7. The largest absolute Gasteiger partial charge is 0.423 e. The molecule has 148 valence electrons. The van der Waals surface area contributed by atoms with E-state index in [2.05, 4.69) is 25.3 Å². The van der Waals surface area contributed by atoms with E-state index >= 15 is 0 Å². The van der Waals surface area contributed by atoms with Gasteiger partial charge in [0.1, 0.15) is 17.7 Å². The summed E-state index contributed by atoms with van der Waals surface area (Å²) in [6.07, 6.45) is 3.02. The average molecular weight is 403 g/mol. The van der Waals surface area contributed by atoms with Crippen molar-refractivity contribution in [2.45, 2.75) is 39.3 Å². The molecule has 1 aliphatic heterocycles. The number of hydrogen-bond acceptors (Lipinski definition) is 6. The van der Waals surface area contributed by atoms with Gasteiger partial charge in [-0.05, 0) is 38.8 Å². The van der Waals surface area contributed by atoms with E-state index in [0.717, 1.165) is 43.8 Å². The minimum Gasteiger partial charge on any atom is -0.423 e. The molecule has 1 aliphatic rings. The number of piperidine rings is 1. The van der Waals surface area contributed by atoms with Crippen LogP contribution in [0.25, 0.3) is 11.1 Å². The number of aryl methyl sites for hydroxylation is 1. The second kappa shape index (κ2) is 7.79. The van der Waals surface area contributed by atoms with Crippen LogP contribution in [0.2, 0.25) is 5.02 Å². The molecule has 0 bridgehead atoms. The number of nitrogens with zero attached hydrogens (tertiary/aromatic N) is 5. The SMILES string of the molecule is CCn1ncnc1C(C)NC(=O)C1CCN(c2nc3ccc(Cl)cc3o2)CC1. The predicted molar refractivity (Wildman–Crippen MR) is 106 cm³/mol. The van der Waals surface area contributed by atoms with E-state index < -0.39 is 0 Å². The van der Waals surface area contributed by atoms with Crippen molar-refractivity contribution in [3.63, 3.8) is 0 Å². The second-order valence-corrected chi connectivity index (χ2v) is 7.47. The molecule has 0 radical (unpaired) electrons. The van der Waals surface area contributed by atoms with Crippen LogP contribution in [0.1, 0.15) is 38.6 Å². The Morgan fingerprint density at radius 3 is 2.93 bits per heavy atom. The summed E-state index contributed by atoms with van der Waals surface area (Å²) in [5, 5.41) is 7.86. The molecule has 1 saturated heterocycles. The summed E-state index contributed by atoms with van der Waals surface area (Å²) in [4.78, 5) is 23.6. The molecule has 0 spiro atoms. The summed E-state index contributed by atoms with van der Waals surface area (Å²) in [5.74, 6) is 0.802. The van der Waals surface area contributed by atoms with Crippen LogP contribution in [-0.2, 0) is 11.3 Å². The number of halogens is 1. The lowest BCUT2D eigenvalue weighted by atomic mass is 9.96. The number of amides is 1. The number of oxazole rings is 1. The Labute approximate surface area is 167 Å². The lowest BCUT2D eigenvalue weighted by Gasteiger charge is -2.30. The molecule has 1 fully saturated rings. The first-order valence-corrected chi connectivity index (χ1v) is 9.92. The number of aromatic nitrogens is 4. The maximum absolute atomic E-state index is 12.7. The highest BCUT2D eigenvalue weighted by molar-refractivity contribution is 6.31. The van der Waals surface area contributed by atoms with Gasteiger partial charge in [-0.1, -0.05) is 11.6 Å². The van der Waals surface area contributed by atoms with Gasteiger partial charge in [-0.15, -0.1) is 0 Å². The lowest BCUT2D eigenvalue weighted by Crippen LogP contribution is -2.41. The Hall–Kier alpha value is -2.61. The number of carbonyl (C=O) groups excluding carboxylic acids is 1. The first-order valence-electron chi connectivity index (χ1n) is 9.54. The fraction of sp³-hybridized carbons (Fsp3) is 0.474. The highest BCUT2D eigenvalue weighted by Crippen LogP contribution is 2.28. The Bertz CT molecular complexity index is 976. The number of rotatable bonds is 5. The van der Waals surface area contributed by atoms with Crippen molar-refractivity contribution >= 4 is 34.6 Å². The summed E-state index contributed by atoms with van der Waals surface area (Å²) >= 11 is 6.01. The second-order valence-electron chi connectivity index (χ2n) is 7.03. The van der Waals surface area contributed by atoms with E-state index in [1.54, 1.807) is 16.8 Å². The van der Waals surface area contributed by atoms with Gasteiger partial charge in [-0.3, -0.25) is 4.79 Å². The summed E-state index contributed by atoms with van der Waals surface area (Å²) in [5.41, 5.74) is 1.46. The Morgan fingerprint density at radius 2 is 2.18 bits per heavy atom. The molecular formula is C19H23ClN6O2. The molecule has 8 nitrogen and oxygen atoms in total. The lowest BCUT2D eigenvalue weighted by molar-refractivity contribution is -0.126. The molecule has 1 unspecified atom stereocenters. The minimum absolute atomic E-state index is 0.0319. The zero-order valence-electron chi connectivity index (χ0n) is 15.9. The van der Waals surface area contributed by atoms with E-state index in [0.29, 0.717) is 16.6 Å². The third kappa shape index (κ3) is 3.69.